The van der Waals surface area contributed by atoms with E-state index < -0.39 is 18.1 Å². The molecule has 0 radical (unpaired) electrons. The van der Waals surface area contributed by atoms with Gasteiger partial charge in [-0.05, 0) is 17.5 Å². The summed E-state index contributed by atoms with van der Waals surface area (Å²) in [5.41, 5.74) is 1.73. The smallest absolute Gasteiger partial charge is 0.334 e. The van der Waals surface area contributed by atoms with Gasteiger partial charge in [-0.25, -0.2) is 9.59 Å². The van der Waals surface area contributed by atoms with Crippen molar-refractivity contribution < 1.29 is 19.4 Å². The van der Waals surface area contributed by atoms with E-state index in [1.807, 2.05) is 32.0 Å². The monoisotopic (exact) mass is 280 g/mol. The molecule has 0 aliphatic rings. The molecule has 110 valence electrons. The molecule has 1 aromatic rings. The first-order valence-electron chi connectivity index (χ1n) is 6.35. The highest BCUT2D eigenvalue weighted by atomic mass is 16.5. The molecule has 0 spiro atoms. The largest absolute Gasteiger partial charge is 0.479 e. The zero-order valence-electron chi connectivity index (χ0n) is 11.8. The van der Waals surface area contributed by atoms with Crippen LogP contribution < -0.4 is 10.6 Å². The predicted octanol–water partition coefficient (Wildman–Crippen LogP) is 2.03. The Labute approximate surface area is 118 Å². The van der Waals surface area contributed by atoms with Crippen LogP contribution in [0.4, 0.5) is 10.5 Å². The maximum atomic E-state index is 11.8. The Balaban J connectivity index is 2.61. The Hall–Kier alpha value is -2.08. The quantitative estimate of drug-likeness (QED) is 0.744. The number of amides is 2. The van der Waals surface area contributed by atoms with Gasteiger partial charge < -0.3 is 20.5 Å². The molecule has 1 aromatic carbocycles. The molecule has 0 aromatic heterocycles. The molecule has 0 heterocycles. The van der Waals surface area contributed by atoms with Crippen LogP contribution in [-0.2, 0) is 9.53 Å². The summed E-state index contributed by atoms with van der Waals surface area (Å²) in [4.78, 5) is 22.5. The molecule has 0 saturated heterocycles. The lowest BCUT2D eigenvalue weighted by Gasteiger charge is -2.15. The molecule has 0 aliphatic carbocycles. The van der Waals surface area contributed by atoms with Crippen LogP contribution in [-0.4, -0.2) is 36.9 Å². The standard InChI is InChI=1S/C14H20N2O4/c1-9(2)10-6-4-5-7-11(10)16-14(19)15-8-12(20-3)13(17)18/h4-7,9,12H,8H2,1-3H3,(H,17,18)(H2,15,16,19). The average molecular weight is 280 g/mol. The number of urea groups is 1. The zero-order valence-corrected chi connectivity index (χ0v) is 11.8. The van der Waals surface area contributed by atoms with E-state index in [0.29, 0.717) is 5.69 Å². The number of benzene rings is 1. The first-order chi connectivity index (χ1) is 9.45. The van der Waals surface area contributed by atoms with Gasteiger partial charge in [0, 0.05) is 12.8 Å². The van der Waals surface area contributed by atoms with Crippen LogP contribution >= 0.6 is 0 Å². The van der Waals surface area contributed by atoms with Crippen molar-refractivity contribution in [1.29, 1.82) is 0 Å². The summed E-state index contributed by atoms with van der Waals surface area (Å²) >= 11 is 0. The second-order valence-corrected chi connectivity index (χ2v) is 4.64. The Bertz CT molecular complexity index is 474. The summed E-state index contributed by atoms with van der Waals surface area (Å²) in [6.45, 7) is 3.97. The van der Waals surface area contributed by atoms with Gasteiger partial charge in [0.25, 0.3) is 0 Å². The number of hydrogen-bond donors (Lipinski definition) is 3. The highest BCUT2D eigenvalue weighted by molar-refractivity contribution is 5.90. The number of carboxylic acid groups (broad SMARTS) is 1. The Kier molecular flexibility index (Phi) is 5.99. The van der Waals surface area contributed by atoms with Gasteiger partial charge >= 0.3 is 12.0 Å². The first kappa shape index (κ1) is 16.0. The third kappa shape index (κ3) is 4.55. The number of carbonyl (C=O) groups excluding carboxylic acids is 1. The first-order valence-corrected chi connectivity index (χ1v) is 6.35. The molecule has 0 bridgehead atoms. The van der Waals surface area contributed by atoms with Crippen molar-refractivity contribution in [2.24, 2.45) is 0 Å². The summed E-state index contributed by atoms with van der Waals surface area (Å²) in [5.74, 6) is -0.840. The van der Waals surface area contributed by atoms with Crippen molar-refractivity contribution >= 4 is 17.7 Å². The maximum absolute atomic E-state index is 11.8. The molecule has 1 atom stereocenters. The highest BCUT2D eigenvalue weighted by Crippen LogP contribution is 2.23. The molecule has 0 saturated carbocycles. The number of carboxylic acids is 1. The molecule has 1 unspecified atom stereocenters. The average Bonchev–Trinajstić information content (AvgIpc) is 2.39. The van der Waals surface area contributed by atoms with Gasteiger partial charge in [-0.1, -0.05) is 32.0 Å². The van der Waals surface area contributed by atoms with Gasteiger partial charge in [0.1, 0.15) is 0 Å². The van der Waals surface area contributed by atoms with Crippen molar-refractivity contribution in [2.45, 2.75) is 25.9 Å². The van der Waals surface area contributed by atoms with E-state index in [0.717, 1.165) is 5.56 Å². The van der Waals surface area contributed by atoms with E-state index in [4.69, 9.17) is 9.84 Å². The number of aliphatic carboxylic acids is 1. The second kappa shape index (κ2) is 7.49. The minimum atomic E-state index is -1.12. The van der Waals surface area contributed by atoms with Crippen molar-refractivity contribution in [2.75, 3.05) is 19.0 Å². The number of methoxy groups -OCH3 is 1. The lowest BCUT2D eigenvalue weighted by molar-refractivity contribution is -0.147. The van der Waals surface area contributed by atoms with Crippen molar-refractivity contribution in [3.8, 4) is 0 Å². The van der Waals surface area contributed by atoms with E-state index >= 15 is 0 Å². The van der Waals surface area contributed by atoms with E-state index in [-0.39, 0.29) is 12.5 Å². The maximum Gasteiger partial charge on any atom is 0.334 e. The van der Waals surface area contributed by atoms with Crippen LogP contribution in [0.5, 0.6) is 0 Å². The molecule has 0 aliphatic heterocycles. The van der Waals surface area contributed by atoms with Gasteiger partial charge in [-0.2, -0.15) is 0 Å². The van der Waals surface area contributed by atoms with Gasteiger partial charge in [0.2, 0.25) is 0 Å². The van der Waals surface area contributed by atoms with E-state index in [9.17, 15) is 9.59 Å². The van der Waals surface area contributed by atoms with Crippen LogP contribution in [0, 0.1) is 0 Å². The number of hydrogen-bond acceptors (Lipinski definition) is 3. The van der Waals surface area contributed by atoms with Crippen molar-refractivity contribution in [1.82, 2.24) is 5.32 Å². The van der Waals surface area contributed by atoms with Crippen LogP contribution in [0.2, 0.25) is 0 Å². The van der Waals surface area contributed by atoms with Crippen molar-refractivity contribution in [3.05, 3.63) is 29.8 Å². The third-order valence-corrected chi connectivity index (χ3v) is 2.84. The molecule has 20 heavy (non-hydrogen) atoms. The lowest BCUT2D eigenvalue weighted by Crippen LogP contribution is -2.39. The summed E-state index contributed by atoms with van der Waals surface area (Å²) < 4.78 is 4.73. The van der Waals surface area contributed by atoms with Crippen LogP contribution in [0.1, 0.15) is 25.3 Å². The normalized spacial score (nSPS) is 12.0. The number of rotatable bonds is 6. The van der Waals surface area contributed by atoms with Crippen LogP contribution in [0.15, 0.2) is 24.3 Å². The minimum absolute atomic E-state index is 0.0957. The van der Waals surface area contributed by atoms with Gasteiger partial charge in [-0.3, -0.25) is 0 Å². The number of nitrogens with one attached hydrogen (secondary N) is 2. The lowest BCUT2D eigenvalue weighted by atomic mass is 10.0. The van der Waals surface area contributed by atoms with Gasteiger partial charge in [0.15, 0.2) is 6.10 Å². The summed E-state index contributed by atoms with van der Waals surface area (Å²) in [5, 5.41) is 14.0. The van der Waals surface area contributed by atoms with E-state index in [2.05, 4.69) is 10.6 Å². The van der Waals surface area contributed by atoms with Crippen LogP contribution in [0.3, 0.4) is 0 Å². The van der Waals surface area contributed by atoms with Crippen molar-refractivity contribution in [3.63, 3.8) is 0 Å². The molecular weight excluding hydrogens is 260 g/mol. The molecule has 2 amide bonds. The van der Waals surface area contributed by atoms with Crippen LogP contribution in [0.25, 0.3) is 0 Å². The number of anilines is 1. The Morgan fingerprint density at radius 3 is 2.50 bits per heavy atom. The fourth-order valence-corrected chi connectivity index (χ4v) is 1.74. The third-order valence-electron chi connectivity index (χ3n) is 2.84. The highest BCUT2D eigenvalue weighted by Gasteiger charge is 2.17. The number of ether oxygens (including phenoxy) is 1. The van der Waals surface area contributed by atoms with E-state index in [1.54, 1.807) is 6.07 Å². The topological polar surface area (TPSA) is 87.7 Å². The van der Waals surface area contributed by atoms with E-state index in [1.165, 1.54) is 7.11 Å². The van der Waals surface area contributed by atoms with Gasteiger partial charge in [-0.15, -0.1) is 0 Å². The molecular formula is C14H20N2O4. The molecule has 1 rings (SSSR count). The summed E-state index contributed by atoms with van der Waals surface area (Å²) in [6.07, 6.45) is -1.05. The fourth-order valence-electron chi connectivity index (χ4n) is 1.74. The SMILES string of the molecule is COC(CNC(=O)Nc1ccccc1C(C)C)C(=O)O. The second-order valence-electron chi connectivity index (χ2n) is 4.64. The van der Waals surface area contributed by atoms with Gasteiger partial charge in [0.05, 0.1) is 6.54 Å². The zero-order chi connectivity index (χ0) is 15.1. The molecule has 0 fully saturated rings. The molecule has 6 heteroatoms. The predicted molar refractivity (Wildman–Crippen MR) is 76.0 cm³/mol. The summed E-state index contributed by atoms with van der Waals surface area (Å²) in [6, 6.07) is 7.03. The molecule has 6 nitrogen and oxygen atoms in total. The minimum Gasteiger partial charge on any atom is -0.479 e. The number of carbonyl (C=O) groups is 2. The summed E-state index contributed by atoms with van der Waals surface area (Å²) in [7, 11) is 1.28. The Morgan fingerprint density at radius 1 is 1.30 bits per heavy atom. The number of para-hydroxylation sites is 1. The Morgan fingerprint density at radius 2 is 1.95 bits per heavy atom. The fraction of sp³-hybridized carbons (Fsp3) is 0.429. The molecule has 3 N–H and O–H groups in total.